The van der Waals surface area contributed by atoms with Crippen LogP contribution in [0.15, 0.2) is 42.5 Å². The van der Waals surface area contributed by atoms with Gasteiger partial charge in [-0.3, -0.25) is 9.59 Å². The highest BCUT2D eigenvalue weighted by molar-refractivity contribution is 5.97. The Kier molecular flexibility index (Phi) is 6.39. The number of hydrogen-bond donors (Lipinski definition) is 0. The third-order valence-corrected chi connectivity index (χ3v) is 6.32. The van der Waals surface area contributed by atoms with Gasteiger partial charge in [0.2, 0.25) is 5.91 Å². The second-order valence-corrected chi connectivity index (χ2v) is 8.27. The Labute approximate surface area is 184 Å². The molecule has 0 spiro atoms. The molecule has 1 fully saturated rings. The van der Waals surface area contributed by atoms with Gasteiger partial charge < -0.3 is 14.5 Å². The summed E-state index contributed by atoms with van der Waals surface area (Å²) in [4.78, 5) is 29.7. The van der Waals surface area contributed by atoms with E-state index >= 15 is 0 Å². The molecule has 0 aliphatic carbocycles. The number of carbonyl (C=O) groups is 2. The van der Waals surface area contributed by atoms with Crippen LogP contribution in [0.3, 0.4) is 0 Å². The lowest BCUT2D eigenvalue weighted by molar-refractivity contribution is -0.139. The summed E-state index contributed by atoms with van der Waals surface area (Å²) in [6.45, 7) is 0.0374. The van der Waals surface area contributed by atoms with Crippen LogP contribution in [0.5, 0.6) is 5.75 Å². The number of amides is 2. The number of nitrogens with zero attached hydrogens (tertiary/aromatic N) is 2. The Morgan fingerprint density at radius 3 is 2.69 bits per heavy atom. The van der Waals surface area contributed by atoms with Crippen LogP contribution in [0.25, 0.3) is 0 Å². The molecule has 2 aliphatic heterocycles. The molecule has 1 saturated heterocycles. The Balaban J connectivity index is 1.49. The van der Waals surface area contributed by atoms with Gasteiger partial charge in [-0.25, -0.2) is 4.39 Å². The van der Waals surface area contributed by atoms with Crippen LogP contribution in [-0.4, -0.2) is 47.9 Å². The molecule has 2 aromatic carbocycles. The van der Waals surface area contributed by atoms with E-state index in [-0.39, 0.29) is 35.6 Å². The number of para-hydroxylation sites is 1. The third kappa shape index (κ3) is 4.45. The average Bonchev–Trinajstić information content (AvgIpc) is 2.79. The molecule has 2 heterocycles. The van der Waals surface area contributed by atoms with Crippen molar-refractivity contribution in [1.82, 2.24) is 9.80 Å². The minimum absolute atomic E-state index is 0.0524. The number of carbonyl (C=O) groups excluding carboxylic acids is 2. The highest BCUT2D eigenvalue weighted by atomic mass is 19.3. The van der Waals surface area contributed by atoms with Crippen molar-refractivity contribution in [2.75, 3.05) is 19.6 Å². The SMILES string of the molecule is CC1c2cc(F)ccc2CCN1C(=O)C1CCCN(C(=O)c2ccccc2OC(F)F)C1. The molecule has 0 N–H and O–H groups in total. The Morgan fingerprint density at radius 2 is 1.91 bits per heavy atom. The molecule has 8 heteroatoms. The Morgan fingerprint density at radius 1 is 1.12 bits per heavy atom. The first-order chi connectivity index (χ1) is 15.3. The molecule has 32 heavy (non-hydrogen) atoms. The summed E-state index contributed by atoms with van der Waals surface area (Å²) in [6.07, 6.45) is 1.92. The van der Waals surface area contributed by atoms with Gasteiger partial charge in [-0.15, -0.1) is 0 Å². The Bertz CT molecular complexity index is 1010. The predicted molar refractivity (Wildman–Crippen MR) is 112 cm³/mol. The monoisotopic (exact) mass is 446 g/mol. The minimum Gasteiger partial charge on any atom is -0.434 e. The first-order valence-electron chi connectivity index (χ1n) is 10.8. The van der Waals surface area contributed by atoms with Crippen LogP contribution in [0, 0.1) is 11.7 Å². The minimum atomic E-state index is -3.03. The van der Waals surface area contributed by atoms with Crippen LogP contribution in [0.1, 0.15) is 47.3 Å². The summed E-state index contributed by atoms with van der Waals surface area (Å²) in [5.74, 6) is -1.40. The zero-order valence-corrected chi connectivity index (χ0v) is 17.8. The summed E-state index contributed by atoms with van der Waals surface area (Å²) in [6, 6.07) is 10.3. The van der Waals surface area contributed by atoms with Crippen molar-refractivity contribution in [2.24, 2.45) is 5.92 Å². The first-order valence-corrected chi connectivity index (χ1v) is 10.8. The second kappa shape index (κ2) is 9.22. The molecule has 0 radical (unpaired) electrons. The van der Waals surface area contributed by atoms with Crippen molar-refractivity contribution in [3.8, 4) is 5.75 Å². The largest absolute Gasteiger partial charge is 0.434 e. The summed E-state index contributed by atoms with van der Waals surface area (Å²) in [5, 5.41) is 0. The molecule has 0 aromatic heterocycles. The van der Waals surface area contributed by atoms with Crippen LogP contribution >= 0.6 is 0 Å². The number of piperidine rings is 1. The lowest BCUT2D eigenvalue weighted by Gasteiger charge is -2.40. The van der Waals surface area contributed by atoms with E-state index in [1.165, 1.54) is 35.2 Å². The van der Waals surface area contributed by atoms with E-state index in [9.17, 15) is 22.8 Å². The van der Waals surface area contributed by atoms with Crippen molar-refractivity contribution in [3.63, 3.8) is 0 Å². The van der Waals surface area contributed by atoms with Gasteiger partial charge in [-0.05, 0) is 61.6 Å². The number of benzene rings is 2. The second-order valence-electron chi connectivity index (χ2n) is 8.27. The number of alkyl halides is 2. The van der Waals surface area contributed by atoms with Crippen LogP contribution < -0.4 is 4.74 Å². The summed E-state index contributed by atoms with van der Waals surface area (Å²) >= 11 is 0. The van der Waals surface area contributed by atoms with Crippen LogP contribution in [0.2, 0.25) is 0 Å². The van der Waals surface area contributed by atoms with Crippen molar-refractivity contribution in [1.29, 1.82) is 0 Å². The normalized spacial score (nSPS) is 20.8. The lowest BCUT2D eigenvalue weighted by atomic mass is 9.90. The fraction of sp³-hybridized carbons (Fsp3) is 0.417. The predicted octanol–water partition coefficient (Wildman–Crippen LogP) is 4.43. The van der Waals surface area contributed by atoms with Crippen LogP contribution in [-0.2, 0) is 11.2 Å². The first kappa shape index (κ1) is 22.2. The van der Waals surface area contributed by atoms with Gasteiger partial charge in [0.25, 0.3) is 5.91 Å². The van der Waals surface area contributed by atoms with Crippen molar-refractivity contribution < 1.29 is 27.5 Å². The highest BCUT2D eigenvalue weighted by Crippen LogP contribution is 2.33. The number of likely N-dealkylation sites (tertiary alicyclic amines) is 1. The number of rotatable bonds is 4. The topological polar surface area (TPSA) is 49.9 Å². The average molecular weight is 446 g/mol. The van der Waals surface area contributed by atoms with Gasteiger partial charge in [-0.1, -0.05) is 18.2 Å². The summed E-state index contributed by atoms with van der Waals surface area (Å²) < 4.78 is 43.7. The molecular weight excluding hydrogens is 421 g/mol. The van der Waals surface area contributed by atoms with Gasteiger partial charge in [0.15, 0.2) is 0 Å². The maximum atomic E-state index is 13.8. The molecule has 5 nitrogen and oxygen atoms in total. The third-order valence-electron chi connectivity index (χ3n) is 6.32. The molecule has 0 bridgehead atoms. The maximum Gasteiger partial charge on any atom is 0.387 e. The number of fused-ring (bicyclic) bond motifs is 1. The maximum absolute atomic E-state index is 13.8. The van der Waals surface area contributed by atoms with E-state index in [0.717, 1.165) is 11.1 Å². The fourth-order valence-electron chi connectivity index (χ4n) is 4.70. The van der Waals surface area contributed by atoms with Crippen molar-refractivity contribution in [2.45, 2.75) is 38.8 Å². The van der Waals surface area contributed by atoms with Crippen LogP contribution in [0.4, 0.5) is 13.2 Å². The quantitative estimate of drug-likeness (QED) is 0.699. The van der Waals surface area contributed by atoms with E-state index in [0.29, 0.717) is 32.4 Å². The molecule has 2 unspecified atom stereocenters. The van der Waals surface area contributed by atoms with E-state index in [4.69, 9.17) is 0 Å². The molecular formula is C24H25F3N2O3. The highest BCUT2D eigenvalue weighted by Gasteiger charge is 2.36. The smallest absolute Gasteiger partial charge is 0.387 e. The molecule has 2 amide bonds. The van der Waals surface area contributed by atoms with Gasteiger partial charge in [0.1, 0.15) is 11.6 Å². The van der Waals surface area contributed by atoms with E-state index < -0.39 is 18.4 Å². The van der Waals surface area contributed by atoms with E-state index in [1.54, 1.807) is 17.0 Å². The standard InChI is InChI=1S/C24H25F3N2O3/c1-15-20-13-18(25)9-8-16(20)10-12-29(15)22(30)17-5-4-11-28(14-17)23(31)19-6-2-3-7-21(19)32-24(26)27/h2-3,6-9,13,15,17,24H,4-5,10-12,14H2,1H3. The Hall–Kier alpha value is -3.03. The molecule has 2 aromatic rings. The van der Waals surface area contributed by atoms with Gasteiger partial charge in [0, 0.05) is 19.6 Å². The van der Waals surface area contributed by atoms with Crippen molar-refractivity contribution >= 4 is 11.8 Å². The molecule has 0 saturated carbocycles. The van der Waals surface area contributed by atoms with E-state index in [2.05, 4.69) is 4.74 Å². The zero-order chi connectivity index (χ0) is 22.8. The lowest BCUT2D eigenvalue weighted by Crippen LogP contribution is -2.48. The van der Waals surface area contributed by atoms with Gasteiger partial charge in [-0.2, -0.15) is 8.78 Å². The molecule has 4 rings (SSSR count). The van der Waals surface area contributed by atoms with Crippen molar-refractivity contribution in [3.05, 3.63) is 65.0 Å². The summed E-state index contributed by atoms with van der Waals surface area (Å²) in [7, 11) is 0. The number of hydrogen-bond acceptors (Lipinski definition) is 3. The van der Waals surface area contributed by atoms with Gasteiger partial charge >= 0.3 is 6.61 Å². The van der Waals surface area contributed by atoms with Gasteiger partial charge in [0.05, 0.1) is 17.5 Å². The van der Waals surface area contributed by atoms with E-state index in [1.807, 2.05) is 6.92 Å². The number of ether oxygens (including phenoxy) is 1. The summed E-state index contributed by atoms with van der Waals surface area (Å²) in [5.41, 5.74) is 1.90. The fourth-order valence-corrected chi connectivity index (χ4v) is 4.70. The number of halogens is 3. The molecule has 2 atom stereocenters. The molecule has 170 valence electrons. The zero-order valence-electron chi connectivity index (χ0n) is 17.8. The molecule has 2 aliphatic rings.